The molecule has 0 heterocycles. The highest BCUT2D eigenvalue weighted by atomic mass is 32.2. The van der Waals surface area contributed by atoms with Gasteiger partial charge in [-0.25, -0.2) is 4.79 Å². The lowest BCUT2D eigenvalue weighted by molar-refractivity contribution is -0.120. The monoisotopic (exact) mass is 491 g/mol. The van der Waals surface area contributed by atoms with Gasteiger partial charge in [0.2, 0.25) is 0 Å². The molecule has 3 rings (SSSR count). The second-order valence-electron chi connectivity index (χ2n) is 9.29. The second kappa shape index (κ2) is 12.5. The molecule has 184 valence electrons. The van der Waals surface area contributed by atoms with E-state index in [1.54, 1.807) is 39.6 Å². The minimum atomic E-state index is -0.703. The van der Waals surface area contributed by atoms with Gasteiger partial charge in [-0.05, 0) is 56.0 Å². The van der Waals surface area contributed by atoms with E-state index in [4.69, 9.17) is 9.47 Å². The highest BCUT2D eigenvalue weighted by Crippen LogP contribution is 2.32. The second-order valence-corrected chi connectivity index (χ2v) is 10.3. The van der Waals surface area contributed by atoms with Crippen LogP contribution in [0.2, 0.25) is 0 Å². The minimum Gasteiger partial charge on any atom is -0.496 e. The van der Waals surface area contributed by atoms with Crippen LogP contribution in [0.3, 0.4) is 0 Å². The third-order valence-electron chi connectivity index (χ3n) is 5.21. The molecule has 6 heteroatoms. The maximum absolute atomic E-state index is 13.3. The topological polar surface area (TPSA) is 64.6 Å². The first-order valence-corrected chi connectivity index (χ1v) is 12.6. The Hall–Kier alpha value is -3.25. The molecular formula is C29H33NO4S. The van der Waals surface area contributed by atoms with Crippen LogP contribution in [0, 0.1) is 0 Å². The summed E-state index contributed by atoms with van der Waals surface area (Å²) in [5, 5.41) is 2.77. The van der Waals surface area contributed by atoms with E-state index in [9.17, 15) is 9.59 Å². The van der Waals surface area contributed by atoms with E-state index in [-0.39, 0.29) is 12.2 Å². The number of thioether (sulfide) groups is 1. The van der Waals surface area contributed by atoms with E-state index >= 15 is 0 Å². The van der Waals surface area contributed by atoms with Crippen LogP contribution in [0.4, 0.5) is 4.79 Å². The van der Waals surface area contributed by atoms with Crippen molar-refractivity contribution >= 4 is 23.6 Å². The summed E-state index contributed by atoms with van der Waals surface area (Å²) in [4.78, 5) is 26.8. The van der Waals surface area contributed by atoms with Crippen molar-refractivity contribution in [3.8, 4) is 5.75 Å². The molecule has 3 aromatic rings. The molecule has 0 bridgehead atoms. The normalized spacial score (nSPS) is 12.0. The van der Waals surface area contributed by atoms with Crippen molar-refractivity contribution in [2.45, 2.75) is 55.9 Å². The van der Waals surface area contributed by atoms with Crippen LogP contribution < -0.4 is 10.1 Å². The Morgan fingerprint density at radius 2 is 1.51 bits per heavy atom. The molecule has 1 N–H and O–H groups in total. The van der Waals surface area contributed by atoms with Crippen molar-refractivity contribution in [3.05, 3.63) is 95.6 Å². The summed E-state index contributed by atoms with van der Waals surface area (Å²) in [5.74, 6) is 1.47. The fourth-order valence-corrected chi connectivity index (χ4v) is 4.51. The first kappa shape index (κ1) is 26.4. The Balaban J connectivity index is 1.71. The number of ether oxygens (including phenoxy) is 2. The van der Waals surface area contributed by atoms with Gasteiger partial charge in [0.05, 0.1) is 13.2 Å². The fourth-order valence-electron chi connectivity index (χ4n) is 3.55. The number of benzene rings is 3. The maximum atomic E-state index is 13.3. The van der Waals surface area contributed by atoms with Crippen molar-refractivity contribution < 1.29 is 19.1 Å². The summed E-state index contributed by atoms with van der Waals surface area (Å²) < 4.78 is 11.0. The van der Waals surface area contributed by atoms with E-state index in [0.717, 1.165) is 27.5 Å². The summed E-state index contributed by atoms with van der Waals surface area (Å²) in [6.07, 6.45) is -0.0361. The molecule has 0 radical (unpaired) electrons. The smallest absolute Gasteiger partial charge is 0.408 e. The van der Waals surface area contributed by atoms with Crippen molar-refractivity contribution in [2.75, 3.05) is 7.11 Å². The van der Waals surface area contributed by atoms with E-state index in [1.807, 2.05) is 66.7 Å². The maximum Gasteiger partial charge on any atom is 0.408 e. The van der Waals surface area contributed by atoms with Crippen molar-refractivity contribution in [3.63, 3.8) is 0 Å². The van der Waals surface area contributed by atoms with Gasteiger partial charge < -0.3 is 14.8 Å². The molecule has 0 unspecified atom stereocenters. The zero-order chi connectivity index (χ0) is 25.3. The van der Waals surface area contributed by atoms with Crippen LogP contribution in [-0.2, 0) is 28.1 Å². The molecule has 0 aliphatic rings. The lowest BCUT2D eigenvalue weighted by Crippen LogP contribution is -2.45. The van der Waals surface area contributed by atoms with Gasteiger partial charge in [-0.15, -0.1) is 11.8 Å². The lowest BCUT2D eigenvalue weighted by atomic mass is 9.97. The number of Topliss-reactive ketones (excluding diaryl/α,β-unsaturated/α-hetero) is 1. The number of amides is 1. The third-order valence-corrected chi connectivity index (χ3v) is 6.33. The Labute approximate surface area is 212 Å². The van der Waals surface area contributed by atoms with Gasteiger partial charge in [0.25, 0.3) is 0 Å². The highest BCUT2D eigenvalue weighted by Gasteiger charge is 2.25. The van der Waals surface area contributed by atoms with Crippen LogP contribution in [0.5, 0.6) is 5.75 Å². The molecule has 0 saturated heterocycles. The molecule has 0 fully saturated rings. The van der Waals surface area contributed by atoms with E-state index in [2.05, 4.69) is 17.4 Å². The third kappa shape index (κ3) is 8.80. The number of carbonyl (C=O) groups excluding carboxylic acids is 2. The van der Waals surface area contributed by atoms with Gasteiger partial charge >= 0.3 is 6.09 Å². The van der Waals surface area contributed by atoms with Crippen LogP contribution in [-0.4, -0.2) is 30.6 Å². The van der Waals surface area contributed by atoms with Crippen LogP contribution in [0.25, 0.3) is 0 Å². The fraction of sp³-hybridized carbons (Fsp3) is 0.310. The Kier molecular flexibility index (Phi) is 9.38. The number of ketones is 1. The number of nitrogens with one attached hydrogen (secondary N) is 1. The summed E-state index contributed by atoms with van der Waals surface area (Å²) >= 11 is 1.69. The van der Waals surface area contributed by atoms with E-state index in [0.29, 0.717) is 6.42 Å². The number of hydrogen-bond donors (Lipinski definition) is 1. The summed E-state index contributed by atoms with van der Waals surface area (Å²) in [5.41, 5.74) is 2.38. The van der Waals surface area contributed by atoms with Gasteiger partial charge in [-0.1, -0.05) is 66.7 Å². The minimum absolute atomic E-state index is 0.0912. The molecule has 5 nitrogen and oxygen atoms in total. The lowest BCUT2D eigenvalue weighted by Gasteiger charge is -2.23. The zero-order valence-electron chi connectivity index (χ0n) is 20.7. The molecule has 3 aromatic carbocycles. The standard InChI is InChI=1S/C29H33NO4S/c1-29(2,3)34-28(32)30-24(17-21-11-7-5-8-12-21)25(31)18-23-15-16-27(26(19-23)33-4)35-20-22-13-9-6-10-14-22/h5-16,19,24H,17-18,20H2,1-4H3,(H,30,32)/t24-/m0/s1. The quantitative estimate of drug-likeness (QED) is 0.340. The van der Waals surface area contributed by atoms with Gasteiger partial charge in [0.1, 0.15) is 11.4 Å². The average Bonchev–Trinajstić information content (AvgIpc) is 2.83. The van der Waals surface area contributed by atoms with Crippen LogP contribution in [0.1, 0.15) is 37.5 Å². The van der Waals surface area contributed by atoms with E-state index < -0.39 is 17.7 Å². The zero-order valence-corrected chi connectivity index (χ0v) is 21.6. The average molecular weight is 492 g/mol. The number of carbonyl (C=O) groups is 2. The number of alkyl carbamates (subject to hydrolysis) is 1. The van der Waals surface area contributed by atoms with Crippen molar-refractivity contribution in [1.29, 1.82) is 0 Å². The first-order valence-electron chi connectivity index (χ1n) is 11.6. The van der Waals surface area contributed by atoms with Gasteiger partial charge in [-0.2, -0.15) is 0 Å². The Bertz CT molecular complexity index is 1110. The molecule has 0 spiro atoms. The molecule has 35 heavy (non-hydrogen) atoms. The first-order chi connectivity index (χ1) is 16.7. The predicted octanol–water partition coefficient (Wildman–Crippen LogP) is 6.24. The summed E-state index contributed by atoms with van der Waals surface area (Å²) in [6.45, 7) is 5.39. The van der Waals surface area contributed by atoms with Crippen LogP contribution in [0.15, 0.2) is 83.8 Å². The molecular weight excluding hydrogens is 458 g/mol. The number of hydrogen-bond acceptors (Lipinski definition) is 5. The molecule has 1 atom stereocenters. The molecule has 0 aliphatic heterocycles. The molecule has 0 aromatic heterocycles. The van der Waals surface area contributed by atoms with Gasteiger partial charge in [-0.3, -0.25) is 4.79 Å². The number of rotatable bonds is 10. The SMILES string of the molecule is COc1cc(CC(=O)[C@H](Cc2ccccc2)NC(=O)OC(C)(C)C)ccc1SCc1ccccc1. The Morgan fingerprint density at radius 1 is 0.886 bits per heavy atom. The Morgan fingerprint density at radius 3 is 2.11 bits per heavy atom. The summed E-state index contributed by atoms with van der Waals surface area (Å²) in [6, 6.07) is 25.0. The molecule has 1 amide bonds. The number of methoxy groups -OCH3 is 1. The van der Waals surface area contributed by atoms with Crippen molar-refractivity contribution in [2.24, 2.45) is 0 Å². The molecule has 0 aliphatic carbocycles. The highest BCUT2D eigenvalue weighted by molar-refractivity contribution is 7.98. The largest absolute Gasteiger partial charge is 0.496 e. The predicted molar refractivity (Wildman–Crippen MR) is 141 cm³/mol. The molecule has 0 saturated carbocycles. The van der Waals surface area contributed by atoms with Crippen molar-refractivity contribution in [1.82, 2.24) is 5.32 Å². The van der Waals surface area contributed by atoms with Gasteiger partial charge in [0.15, 0.2) is 5.78 Å². The van der Waals surface area contributed by atoms with E-state index in [1.165, 1.54) is 5.56 Å². The van der Waals surface area contributed by atoms with Crippen LogP contribution >= 0.6 is 11.8 Å². The summed E-state index contributed by atoms with van der Waals surface area (Å²) in [7, 11) is 1.63. The van der Waals surface area contributed by atoms with Gasteiger partial charge in [0, 0.05) is 17.1 Å².